The first-order valence-electron chi connectivity index (χ1n) is 8.15. The zero-order valence-electron chi connectivity index (χ0n) is 12.9. The van der Waals surface area contributed by atoms with Crippen molar-refractivity contribution in [2.45, 2.75) is 36.6 Å². The van der Waals surface area contributed by atoms with E-state index in [1.807, 2.05) is 24.3 Å². The Hall–Kier alpha value is -1.72. The van der Waals surface area contributed by atoms with Gasteiger partial charge in [-0.25, -0.2) is 13.1 Å². The predicted molar refractivity (Wildman–Crippen MR) is 89.2 cm³/mol. The Labute approximate surface area is 137 Å². The van der Waals surface area contributed by atoms with E-state index < -0.39 is 10.0 Å². The molecule has 2 bridgehead atoms. The quantitative estimate of drug-likeness (QED) is 0.937. The van der Waals surface area contributed by atoms with Crippen molar-refractivity contribution in [1.29, 1.82) is 0 Å². The Morgan fingerprint density at radius 1 is 1.00 bits per heavy atom. The maximum absolute atomic E-state index is 12.9. The van der Waals surface area contributed by atoms with E-state index in [1.54, 1.807) is 24.5 Å². The van der Waals surface area contributed by atoms with E-state index in [-0.39, 0.29) is 6.04 Å². The molecule has 0 radical (unpaired) electrons. The standard InChI is InChI=1S/C18H20N2O2S/c21-23(22,20-17-12-13-5-6-15(17)11-13)18-4-2-1-3-16(18)14-7-9-19-10-8-14/h1-4,7-10,13,15,17,20H,5-6,11-12H2/t13-,15+,17-/m1/s1. The van der Waals surface area contributed by atoms with Gasteiger partial charge in [0, 0.05) is 24.0 Å². The minimum atomic E-state index is -3.52. The minimum absolute atomic E-state index is 0.101. The second kappa shape index (κ2) is 5.73. The van der Waals surface area contributed by atoms with Gasteiger partial charge in [0.15, 0.2) is 0 Å². The van der Waals surface area contributed by atoms with Gasteiger partial charge in [-0.05, 0) is 54.9 Å². The third kappa shape index (κ3) is 2.79. The lowest BCUT2D eigenvalue weighted by molar-refractivity contribution is 0.390. The monoisotopic (exact) mass is 328 g/mol. The number of benzene rings is 1. The normalized spacial score (nSPS) is 26.5. The Bertz CT molecular complexity index is 805. The SMILES string of the molecule is O=S(=O)(N[C@@H]1C[C@@H]2CC[C@H]1C2)c1ccccc1-c1ccncc1. The first-order chi connectivity index (χ1) is 11.1. The van der Waals surface area contributed by atoms with Gasteiger partial charge in [-0.3, -0.25) is 4.98 Å². The number of aromatic nitrogens is 1. The van der Waals surface area contributed by atoms with Crippen LogP contribution in [0.5, 0.6) is 0 Å². The van der Waals surface area contributed by atoms with E-state index in [0.29, 0.717) is 16.7 Å². The summed E-state index contributed by atoms with van der Waals surface area (Å²) in [7, 11) is -3.52. The van der Waals surface area contributed by atoms with Gasteiger partial charge in [0.1, 0.15) is 0 Å². The maximum atomic E-state index is 12.9. The van der Waals surface area contributed by atoms with Crippen LogP contribution in [0.25, 0.3) is 11.1 Å². The summed E-state index contributed by atoms with van der Waals surface area (Å²) in [5, 5.41) is 0. The smallest absolute Gasteiger partial charge is 0.241 e. The summed E-state index contributed by atoms with van der Waals surface area (Å²) in [6.07, 6.45) is 7.95. The van der Waals surface area contributed by atoms with E-state index >= 15 is 0 Å². The molecule has 2 aliphatic rings. The van der Waals surface area contributed by atoms with Crippen LogP contribution in [0.15, 0.2) is 53.7 Å². The van der Waals surface area contributed by atoms with Crippen LogP contribution < -0.4 is 4.72 Å². The first-order valence-corrected chi connectivity index (χ1v) is 9.63. The van der Waals surface area contributed by atoms with E-state index in [2.05, 4.69) is 9.71 Å². The van der Waals surface area contributed by atoms with Crippen molar-refractivity contribution in [3.8, 4) is 11.1 Å². The lowest BCUT2D eigenvalue weighted by Crippen LogP contribution is -2.38. The van der Waals surface area contributed by atoms with Gasteiger partial charge in [-0.15, -0.1) is 0 Å². The number of pyridine rings is 1. The van der Waals surface area contributed by atoms with Crippen LogP contribution in [0.4, 0.5) is 0 Å². The molecule has 1 aromatic carbocycles. The molecule has 3 atom stereocenters. The fraction of sp³-hybridized carbons (Fsp3) is 0.389. The van der Waals surface area contributed by atoms with E-state index in [0.717, 1.165) is 24.0 Å². The number of sulfonamides is 1. The number of nitrogens with one attached hydrogen (secondary N) is 1. The molecule has 0 amide bonds. The maximum Gasteiger partial charge on any atom is 0.241 e. The van der Waals surface area contributed by atoms with Crippen LogP contribution in [-0.2, 0) is 10.0 Å². The van der Waals surface area contributed by atoms with E-state index in [4.69, 9.17) is 0 Å². The molecule has 5 heteroatoms. The van der Waals surface area contributed by atoms with Gasteiger partial charge in [0.05, 0.1) is 4.90 Å². The summed E-state index contributed by atoms with van der Waals surface area (Å²) in [6, 6.07) is 11.0. The number of fused-ring (bicyclic) bond motifs is 2. The zero-order valence-corrected chi connectivity index (χ0v) is 13.7. The van der Waals surface area contributed by atoms with Gasteiger partial charge in [-0.1, -0.05) is 24.6 Å². The lowest BCUT2D eigenvalue weighted by Gasteiger charge is -2.23. The first kappa shape index (κ1) is 14.8. The molecule has 0 unspecified atom stereocenters. The zero-order chi connectivity index (χ0) is 15.9. The second-order valence-corrected chi connectivity index (χ2v) is 8.32. The largest absolute Gasteiger partial charge is 0.265 e. The summed E-state index contributed by atoms with van der Waals surface area (Å²) in [5.74, 6) is 1.23. The van der Waals surface area contributed by atoms with Crippen molar-refractivity contribution in [1.82, 2.24) is 9.71 Å². The Morgan fingerprint density at radius 3 is 2.48 bits per heavy atom. The van der Waals surface area contributed by atoms with Crippen LogP contribution in [0, 0.1) is 11.8 Å². The molecule has 4 rings (SSSR count). The number of hydrogen-bond acceptors (Lipinski definition) is 3. The molecule has 2 aromatic rings. The Kier molecular flexibility index (Phi) is 3.70. The van der Waals surface area contributed by atoms with Gasteiger partial charge in [0.25, 0.3) is 0 Å². The van der Waals surface area contributed by atoms with Crippen LogP contribution in [0.1, 0.15) is 25.7 Å². The van der Waals surface area contributed by atoms with Crippen molar-refractivity contribution < 1.29 is 8.42 Å². The molecule has 2 fully saturated rings. The van der Waals surface area contributed by atoms with Crippen molar-refractivity contribution in [2.24, 2.45) is 11.8 Å². The predicted octanol–water partition coefficient (Wildman–Crippen LogP) is 3.22. The third-order valence-corrected chi connectivity index (χ3v) is 6.76. The molecule has 2 saturated carbocycles. The molecule has 1 N–H and O–H groups in total. The van der Waals surface area contributed by atoms with Crippen molar-refractivity contribution in [3.05, 3.63) is 48.8 Å². The van der Waals surface area contributed by atoms with Crippen LogP contribution in [0.3, 0.4) is 0 Å². The highest BCUT2D eigenvalue weighted by Gasteiger charge is 2.41. The average molecular weight is 328 g/mol. The molecular formula is C18H20N2O2S. The summed E-state index contributed by atoms with van der Waals surface area (Å²) < 4.78 is 28.8. The van der Waals surface area contributed by atoms with Gasteiger partial charge in [0.2, 0.25) is 10.0 Å². The summed E-state index contributed by atoms with van der Waals surface area (Å²) in [5.41, 5.74) is 1.60. The molecule has 1 aromatic heterocycles. The molecule has 2 aliphatic carbocycles. The van der Waals surface area contributed by atoms with E-state index in [1.165, 1.54) is 12.8 Å². The van der Waals surface area contributed by atoms with Gasteiger partial charge in [-0.2, -0.15) is 0 Å². The highest BCUT2D eigenvalue weighted by molar-refractivity contribution is 7.89. The summed E-state index contributed by atoms with van der Waals surface area (Å²) >= 11 is 0. The number of nitrogens with zero attached hydrogens (tertiary/aromatic N) is 1. The Balaban J connectivity index is 1.67. The highest BCUT2D eigenvalue weighted by Crippen LogP contribution is 2.45. The van der Waals surface area contributed by atoms with Crippen molar-refractivity contribution in [3.63, 3.8) is 0 Å². The fourth-order valence-electron chi connectivity index (χ4n) is 4.12. The summed E-state index contributed by atoms with van der Waals surface area (Å²) in [4.78, 5) is 4.36. The molecule has 0 saturated heterocycles. The van der Waals surface area contributed by atoms with Crippen LogP contribution in [0.2, 0.25) is 0 Å². The van der Waals surface area contributed by atoms with Crippen LogP contribution in [-0.4, -0.2) is 19.4 Å². The minimum Gasteiger partial charge on any atom is -0.265 e. The van der Waals surface area contributed by atoms with E-state index in [9.17, 15) is 8.42 Å². The molecule has 23 heavy (non-hydrogen) atoms. The van der Waals surface area contributed by atoms with Crippen molar-refractivity contribution in [2.75, 3.05) is 0 Å². The molecule has 120 valence electrons. The molecule has 1 heterocycles. The summed E-state index contributed by atoms with van der Waals surface area (Å²) in [6.45, 7) is 0. The molecule has 0 spiro atoms. The third-order valence-electron chi connectivity index (χ3n) is 5.21. The number of rotatable bonds is 4. The number of hydrogen-bond donors (Lipinski definition) is 1. The average Bonchev–Trinajstić information content (AvgIpc) is 3.18. The molecular weight excluding hydrogens is 308 g/mol. The van der Waals surface area contributed by atoms with Crippen molar-refractivity contribution >= 4 is 10.0 Å². The topological polar surface area (TPSA) is 59.1 Å². The van der Waals surface area contributed by atoms with Gasteiger partial charge >= 0.3 is 0 Å². The second-order valence-electron chi connectivity index (χ2n) is 6.63. The highest BCUT2D eigenvalue weighted by atomic mass is 32.2. The Morgan fingerprint density at radius 2 is 1.78 bits per heavy atom. The van der Waals surface area contributed by atoms with Gasteiger partial charge < -0.3 is 0 Å². The van der Waals surface area contributed by atoms with Crippen LogP contribution >= 0.6 is 0 Å². The molecule has 4 nitrogen and oxygen atoms in total. The fourth-order valence-corrected chi connectivity index (χ4v) is 5.67. The lowest BCUT2D eigenvalue weighted by atomic mass is 9.96. The molecule has 0 aliphatic heterocycles.